The molecule has 1 atom stereocenters. The first kappa shape index (κ1) is 14.1. The number of para-hydroxylation sites is 1. The molecular formula is C16H14N2O4. The van der Waals surface area contributed by atoms with E-state index in [-0.39, 0.29) is 11.4 Å². The molecule has 112 valence electrons. The molecule has 0 aliphatic heterocycles. The molecule has 2 aromatic heterocycles. The smallest absolute Gasteiger partial charge is 0.314 e. The van der Waals surface area contributed by atoms with Crippen LogP contribution < -0.4 is 4.74 Å². The van der Waals surface area contributed by atoms with Gasteiger partial charge in [-0.3, -0.25) is 15.1 Å². The van der Waals surface area contributed by atoms with Gasteiger partial charge in [0, 0.05) is 11.6 Å². The van der Waals surface area contributed by atoms with Gasteiger partial charge in [-0.1, -0.05) is 19.1 Å². The molecule has 0 bridgehead atoms. The Hall–Kier alpha value is -2.89. The van der Waals surface area contributed by atoms with Crippen molar-refractivity contribution < 1.29 is 14.1 Å². The lowest BCUT2D eigenvalue weighted by Gasteiger charge is -2.16. The van der Waals surface area contributed by atoms with Crippen molar-refractivity contribution >= 4 is 16.6 Å². The van der Waals surface area contributed by atoms with E-state index in [0.717, 1.165) is 10.9 Å². The van der Waals surface area contributed by atoms with Crippen molar-refractivity contribution in [2.45, 2.75) is 19.4 Å². The predicted molar refractivity (Wildman–Crippen MR) is 80.8 cm³/mol. The number of pyridine rings is 1. The van der Waals surface area contributed by atoms with Crippen LogP contribution in [0.5, 0.6) is 5.75 Å². The van der Waals surface area contributed by atoms with Gasteiger partial charge in [0.15, 0.2) is 6.10 Å². The fourth-order valence-electron chi connectivity index (χ4n) is 2.35. The topological polar surface area (TPSA) is 78.4 Å². The zero-order valence-electron chi connectivity index (χ0n) is 11.9. The van der Waals surface area contributed by atoms with Gasteiger partial charge in [-0.25, -0.2) is 0 Å². The number of fused-ring (bicyclic) bond motifs is 1. The van der Waals surface area contributed by atoms with E-state index in [1.807, 2.05) is 31.2 Å². The number of furan rings is 1. The van der Waals surface area contributed by atoms with Gasteiger partial charge in [0.05, 0.1) is 22.8 Å². The minimum atomic E-state index is -0.527. The number of hydrogen-bond acceptors (Lipinski definition) is 5. The van der Waals surface area contributed by atoms with Crippen LogP contribution in [-0.4, -0.2) is 9.91 Å². The minimum absolute atomic E-state index is 0.0646. The molecule has 3 rings (SSSR count). The zero-order chi connectivity index (χ0) is 15.5. The second kappa shape index (κ2) is 5.85. The summed E-state index contributed by atoms with van der Waals surface area (Å²) in [7, 11) is 0. The van der Waals surface area contributed by atoms with Gasteiger partial charge in [0.1, 0.15) is 5.75 Å². The number of rotatable bonds is 5. The molecular weight excluding hydrogens is 284 g/mol. The standard InChI is InChI=1S/C16H14N2O4/c1-2-14(16-13(18(19)20)8-10-21-16)22-15-7-9-17-12-6-4-3-5-11(12)15/h3-10,14H,2H2,1H3. The largest absolute Gasteiger partial charge is 0.481 e. The molecule has 0 saturated heterocycles. The highest BCUT2D eigenvalue weighted by Crippen LogP contribution is 2.34. The van der Waals surface area contributed by atoms with Crippen molar-refractivity contribution in [3.63, 3.8) is 0 Å². The quantitative estimate of drug-likeness (QED) is 0.519. The summed E-state index contributed by atoms with van der Waals surface area (Å²) in [5.74, 6) is 0.858. The van der Waals surface area contributed by atoms with Crippen LogP contribution in [0.15, 0.2) is 53.3 Å². The Morgan fingerprint density at radius 2 is 2.14 bits per heavy atom. The van der Waals surface area contributed by atoms with Crippen molar-refractivity contribution in [3.05, 3.63) is 64.7 Å². The molecule has 0 radical (unpaired) electrons. The molecule has 0 fully saturated rings. The van der Waals surface area contributed by atoms with Crippen molar-refractivity contribution in [2.75, 3.05) is 0 Å². The van der Waals surface area contributed by atoms with E-state index in [1.54, 1.807) is 12.3 Å². The Labute approximate surface area is 126 Å². The fourth-order valence-corrected chi connectivity index (χ4v) is 2.35. The molecule has 1 aromatic carbocycles. The third kappa shape index (κ3) is 2.50. The van der Waals surface area contributed by atoms with Crippen LogP contribution in [0.4, 0.5) is 5.69 Å². The highest BCUT2D eigenvalue weighted by Gasteiger charge is 2.26. The highest BCUT2D eigenvalue weighted by molar-refractivity contribution is 5.84. The van der Waals surface area contributed by atoms with Crippen LogP contribution in [0.3, 0.4) is 0 Å². The molecule has 3 aromatic rings. The number of benzene rings is 1. The molecule has 0 spiro atoms. The van der Waals surface area contributed by atoms with Gasteiger partial charge in [-0.05, 0) is 24.6 Å². The van der Waals surface area contributed by atoms with Crippen molar-refractivity contribution in [2.24, 2.45) is 0 Å². The third-order valence-electron chi connectivity index (χ3n) is 3.41. The van der Waals surface area contributed by atoms with E-state index in [2.05, 4.69) is 4.98 Å². The number of nitrogens with zero attached hydrogens (tertiary/aromatic N) is 2. The molecule has 2 heterocycles. The Kier molecular flexibility index (Phi) is 3.74. The van der Waals surface area contributed by atoms with Crippen LogP contribution in [-0.2, 0) is 0 Å². The van der Waals surface area contributed by atoms with E-state index < -0.39 is 11.0 Å². The summed E-state index contributed by atoms with van der Waals surface area (Å²) in [5.41, 5.74) is 0.744. The third-order valence-corrected chi connectivity index (χ3v) is 3.41. The van der Waals surface area contributed by atoms with Gasteiger partial charge < -0.3 is 9.15 Å². The summed E-state index contributed by atoms with van der Waals surface area (Å²) in [6.45, 7) is 1.89. The van der Waals surface area contributed by atoms with Gasteiger partial charge in [0.25, 0.3) is 0 Å². The van der Waals surface area contributed by atoms with Gasteiger partial charge >= 0.3 is 5.69 Å². The Morgan fingerprint density at radius 1 is 1.32 bits per heavy atom. The lowest BCUT2D eigenvalue weighted by Crippen LogP contribution is -2.08. The van der Waals surface area contributed by atoms with E-state index in [0.29, 0.717) is 12.2 Å². The van der Waals surface area contributed by atoms with Crippen LogP contribution in [0.2, 0.25) is 0 Å². The SMILES string of the molecule is CCC(Oc1ccnc2ccccc12)c1occc1[N+](=O)[O-]. The van der Waals surface area contributed by atoms with Crippen molar-refractivity contribution in [1.29, 1.82) is 0 Å². The first-order valence-electron chi connectivity index (χ1n) is 6.93. The predicted octanol–water partition coefficient (Wildman–Crippen LogP) is 4.27. The molecule has 22 heavy (non-hydrogen) atoms. The maximum absolute atomic E-state index is 11.0. The maximum atomic E-state index is 11.0. The second-order valence-corrected chi connectivity index (χ2v) is 4.77. The number of nitro groups is 1. The minimum Gasteiger partial charge on any atom is -0.481 e. The van der Waals surface area contributed by atoms with Gasteiger partial charge in [-0.15, -0.1) is 0 Å². The molecule has 0 aliphatic carbocycles. The molecule has 6 nitrogen and oxygen atoms in total. The Morgan fingerprint density at radius 3 is 2.91 bits per heavy atom. The summed E-state index contributed by atoms with van der Waals surface area (Å²) >= 11 is 0. The molecule has 0 N–H and O–H groups in total. The van der Waals surface area contributed by atoms with Crippen LogP contribution in [0.1, 0.15) is 25.2 Å². The zero-order valence-corrected chi connectivity index (χ0v) is 11.9. The number of aromatic nitrogens is 1. The van der Waals surface area contributed by atoms with E-state index in [1.165, 1.54) is 12.3 Å². The van der Waals surface area contributed by atoms with Crippen molar-refractivity contribution in [3.8, 4) is 5.75 Å². The number of ether oxygens (including phenoxy) is 1. The van der Waals surface area contributed by atoms with E-state index in [9.17, 15) is 10.1 Å². The summed E-state index contributed by atoms with van der Waals surface area (Å²) in [4.78, 5) is 14.9. The van der Waals surface area contributed by atoms with E-state index >= 15 is 0 Å². The van der Waals surface area contributed by atoms with Gasteiger partial charge in [0.2, 0.25) is 5.76 Å². The Bertz CT molecular complexity index is 807. The summed E-state index contributed by atoms with van der Waals surface area (Å²) in [6, 6.07) is 10.7. The molecule has 0 amide bonds. The van der Waals surface area contributed by atoms with Crippen molar-refractivity contribution in [1.82, 2.24) is 4.98 Å². The first-order valence-corrected chi connectivity index (χ1v) is 6.93. The molecule has 0 saturated carbocycles. The van der Waals surface area contributed by atoms with Gasteiger partial charge in [-0.2, -0.15) is 0 Å². The average Bonchev–Trinajstić information content (AvgIpc) is 3.02. The first-order chi connectivity index (χ1) is 10.7. The van der Waals surface area contributed by atoms with Crippen LogP contribution in [0.25, 0.3) is 10.9 Å². The van der Waals surface area contributed by atoms with Crippen LogP contribution in [0, 0.1) is 10.1 Å². The molecule has 1 unspecified atom stereocenters. The fraction of sp³-hybridized carbons (Fsp3) is 0.188. The highest BCUT2D eigenvalue weighted by atomic mass is 16.6. The lowest BCUT2D eigenvalue weighted by molar-refractivity contribution is -0.386. The molecule has 0 aliphatic rings. The normalized spacial score (nSPS) is 12.2. The Balaban J connectivity index is 1.98. The average molecular weight is 298 g/mol. The maximum Gasteiger partial charge on any atom is 0.314 e. The van der Waals surface area contributed by atoms with Crippen LogP contribution >= 0.6 is 0 Å². The molecule has 6 heteroatoms. The summed E-state index contributed by atoms with van der Waals surface area (Å²) in [6.07, 6.45) is 2.98. The monoisotopic (exact) mass is 298 g/mol. The number of hydrogen-bond donors (Lipinski definition) is 0. The second-order valence-electron chi connectivity index (χ2n) is 4.77. The summed E-state index contributed by atoms with van der Waals surface area (Å²) in [5, 5.41) is 11.9. The van der Waals surface area contributed by atoms with E-state index in [4.69, 9.17) is 9.15 Å². The summed E-state index contributed by atoms with van der Waals surface area (Å²) < 4.78 is 11.3. The lowest BCUT2D eigenvalue weighted by atomic mass is 10.1.